The van der Waals surface area contributed by atoms with Gasteiger partial charge in [-0.15, -0.1) is 0 Å². The van der Waals surface area contributed by atoms with Crippen molar-refractivity contribution in [3.05, 3.63) is 42.7 Å². The largest absolute Gasteiger partial charge is 0.487 e. The number of benzene rings is 1. The maximum Gasteiger partial charge on any atom is 0.231 e. The molecule has 0 unspecified atom stereocenters. The SMILES string of the molecule is O=C(Nc1ccc(OC2CN(C(=O)C3CCC3)C2)cc1)C1CN(c2ccnnc2)C1. The minimum Gasteiger partial charge on any atom is -0.487 e. The number of ether oxygens (including phenoxy) is 1. The highest BCUT2D eigenvalue weighted by Gasteiger charge is 2.37. The zero-order chi connectivity index (χ0) is 20.5. The van der Waals surface area contributed by atoms with E-state index in [1.165, 1.54) is 6.42 Å². The molecule has 0 bridgehead atoms. The van der Waals surface area contributed by atoms with Gasteiger partial charge in [-0.25, -0.2) is 0 Å². The Balaban J connectivity index is 1.05. The van der Waals surface area contributed by atoms with Gasteiger partial charge >= 0.3 is 0 Å². The monoisotopic (exact) mass is 407 g/mol. The molecular weight excluding hydrogens is 382 g/mol. The van der Waals surface area contributed by atoms with Gasteiger partial charge in [0, 0.05) is 24.7 Å². The third-order valence-corrected chi connectivity index (χ3v) is 6.22. The molecule has 2 aliphatic heterocycles. The molecule has 1 aromatic heterocycles. The zero-order valence-electron chi connectivity index (χ0n) is 16.7. The standard InChI is InChI=1S/C22H25N5O3/c28-21(16-11-26(12-16)18-8-9-23-24-10-18)25-17-4-6-19(7-5-17)30-20-13-27(14-20)22(29)15-2-1-3-15/h4-10,15-16,20H,1-3,11-14H2,(H,25,28). The van der Waals surface area contributed by atoms with Gasteiger partial charge < -0.3 is 19.9 Å². The van der Waals surface area contributed by atoms with Crippen molar-refractivity contribution in [2.75, 3.05) is 36.4 Å². The molecule has 1 aliphatic carbocycles. The van der Waals surface area contributed by atoms with E-state index >= 15 is 0 Å². The highest BCUT2D eigenvalue weighted by Crippen LogP contribution is 2.31. The Hall–Kier alpha value is -3.16. The molecule has 3 aliphatic rings. The lowest BCUT2D eigenvalue weighted by atomic mass is 9.83. The Morgan fingerprint density at radius 1 is 0.967 bits per heavy atom. The van der Waals surface area contributed by atoms with Crippen molar-refractivity contribution < 1.29 is 14.3 Å². The van der Waals surface area contributed by atoms with Crippen LogP contribution in [0.15, 0.2) is 42.7 Å². The first-order chi connectivity index (χ1) is 14.7. The fourth-order valence-corrected chi connectivity index (χ4v) is 3.99. The lowest BCUT2D eigenvalue weighted by Gasteiger charge is -2.42. The van der Waals surface area contributed by atoms with Crippen LogP contribution in [0.25, 0.3) is 0 Å². The number of carbonyl (C=O) groups is 2. The molecule has 2 saturated heterocycles. The fourth-order valence-electron chi connectivity index (χ4n) is 3.99. The van der Waals surface area contributed by atoms with Gasteiger partial charge in [-0.1, -0.05) is 6.42 Å². The molecule has 30 heavy (non-hydrogen) atoms. The minimum atomic E-state index is -0.0387. The van der Waals surface area contributed by atoms with Gasteiger partial charge in [-0.2, -0.15) is 10.2 Å². The Kier molecular flexibility index (Phi) is 4.98. The summed E-state index contributed by atoms with van der Waals surface area (Å²) in [4.78, 5) is 28.6. The molecular formula is C22H25N5O3. The topological polar surface area (TPSA) is 87.7 Å². The summed E-state index contributed by atoms with van der Waals surface area (Å²) in [7, 11) is 0. The maximum absolute atomic E-state index is 12.4. The van der Waals surface area contributed by atoms with E-state index in [2.05, 4.69) is 20.4 Å². The number of aromatic nitrogens is 2. The zero-order valence-corrected chi connectivity index (χ0v) is 16.7. The van der Waals surface area contributed by atoms with Crippen LogP contribution in [0.1, 0.15) is 19.3 Å². The summed E-state index contributed by atoms with van der Waals surface area (Å²) in [5, 5.41) is 10.6. The van der Waals surface area contributed by atoms with Crippen LogP contribution >= 0.6 is 0 Å². The van der Waals surface area contributed by atoms with Crippen molar-refractivity contribution in [2.45, 2.75) is 25.4 Å². The average molecular weight is 407 g/mol. The van der Waals surface area contributed by atoms with Gasteiger partial charge in [0.1, 0.15) is 11.9 Å². The van der Waals surface area contributed by atoms with E-state index in [1.807, 2.05) is 35.2 Å². The van der Waals surface area contributed by atoms with E-state index in [0.717, 1.165) is 30.0 Å². The Bertz CT molecular complexity index is 904. The van der Waals surface area contributed by atoms with Gasteiger partial charge in [0.2, 0.25) is 11.8 Å². The van der Waals surface area contributed by atoms with Crippen molar-refractivity contribution >= 4 is 23.2 Å². The summed E-state index contributed by atoms with van der Waals surface area (Å²) < 4.78 is 5.94. The number of rotatable bonds is 6. The molecule has 0 radical (unpaired) electrons. The predicted octanol–water partition coefficient (Wildman–Crippen LogP) is 1.94. The van der Waals surface area contributed by atoms with Crippen LogP contribution < -0.4 is 15.0 Å². The normalized spacial score (nSPS) is 19.5. The predicted molar refractivity (Wildman–Crippen MR) is 111 cm³/mol. The van der Waals surface area contributed by atoms with E-state index < -0.39 is 0 Å². The lowest BCUT2D eigenvalue weighted by Crippen LogP contribution is -2.58. The maximum atomic E-state index is 12.4. The summed E-state index contributed by atoms with van der Waals surface area (Å²) in [6.45, 7) is 2.69. The van der Waals surface area contributed by atoms with Gasteiger partial charge in [-0.05, 0) is 43.2 Å². The Morgan fingerprint density at radius 3 is 2.37 bits per heavy atom. The molecule has 156 valence electrons. The number of amides is 2. The van der Waals surface area contributed by atoms with Gasteiger partial charge in [0.05, 0.1) is 37.1 Å². The molecule has 1 saturated carbocycles. The first-order valence-corrected chi connectivity index (χ1v) is 10.5. The molecule has 2 aromatic rings. The first kappa shape index (κ1) is 18.8. The number of anilines is 2. The third-order valence-electron chi connectivity index (χ3n) is 6.22. The molecule has 3 heterocycles. The van der Waals surface area contributed by atoms with E-state index in [0.29, 0.717) is 26.2 Å². The average Bonchev–Trinajstić information content (AvgIpc) is 2.64. The molecule has 8 heteroatoms. The minimum absolute atomic E-state index is 0.0195. The smallest absolute Gasteiger partial charge is 0.231 e. The van der Waals surface area contributed by atoms with Crippen molar-refractivity contribution in [1.29, 1.82) is 0 Å². The van der Waals surface area contributed by atoms with Crippen molar-refractivity contribution in [2.24, 2.45) is 11.8 Å². The molecule has 0 atom stereocenters. The van der Waals surface area contributed by atoms with Crippen LogP contribution in [0.2, 0.25) is 0 Å². The molecule has 5 rings (SSSR count). The number of nitrogens with one attached hydrogen (secondary N) is 1. The number of likely N-dealkylation sites (tertiary alicyclic amines) is 1. The van der Waals surface area contributed by atoms with Crippen molar-refractivity contribution in [1.82, 2.24) is 15.1 Å². The summed E-state index contributed by atoms with van der Waals surface area (Å²) in [5.41, 5.74) is 1.74. The Labute approximate surface area is 175 Å². The van der Waals surface area contributed by atoms with E-state index in [-0.39, 0.29) is 29.8 Å². The molecule has 1 aromatic carbocycles. The third kappa shape index (κ3) is 3.81. The summed E-state index contributed by atoms with van der Waals surface area (Å²) in [6, 6.07) is 9.33. The molecule has 1 N–H and O–H groups in total. The number of hydrogen-bond donors (Lipinski definition) is 1. The second kappa shape index (κ2) is 7.93. The summed E-state index contributed by atoms with van der Waals surface area (Å²) in [6.07, 6.45) is 6.66. The lowest BCUT2D eigenvalue weighted by molar-refractivity contribution is -0.147. The first-order valence-electron chi connectivity index (χ1n) is 10.5. The highest BCUT2D eigenvalue weighted by molar-refractivity contribution is 5.94. The van der Waals surface area contributed by atoms with Crippen molar-refractivity contribution in [3.63, 3.8) is 0 Å². The molecule has 3 fully saturated rings. The number of hydrogen-bond acceptors (Lipinski definition) is 6. The van der Waals surface area contributed by atoms with E-state index in [1.54, 1.807) is 12.4 Å². The molecule has 0 spiro atoms. The summed E-state index contributed by atoms with van der Waals surface area (Å²) in [5.74, 6) is 1.27. The van der Waals surface area contributed by atoms with E-state index in [4.69, 9.17) is 4.74 Å². The second-order valence-electron chi connectivity index (χ2n) is 8.33. The fraction of sp³-hybridized carbons (Fsp3) is 0.455. The van der Waals surface area contributed by atoms with Gasteiger partial charge in [0.25, 0.3) is 0 Å². The van der Waals surface area contributed by atoms with Crippen LogP contribution in [-0.2, 0) is 9.59 Å². The van der Waals surface area contributed by atoms with Crippen LogP contribution in [-0.4, -0.2) is 59.2 Å². The number of nitrogens with zero attached hydrogens (tertiary/aromatic N) is 4. The van der Waals surface area contributed by atoms with Gasteiger partial charge in [-0.3, -0.25) is 9.59 Å². The highest BCUT2D eigenvalue weighted by atomic mass is 16.5. The van der Waals surface area contributed by atoms with Crippen LogP contribution in [0, 0.1) is 11.8 Å². The molecule has 2 amide bonds. The van der Waals surface area contributed by atoms with Crippen molar-refractivity contribution in [3.8, 4) is 5.75 Å². The Morgan fingerprint density at radius 2 is 1.73 bits per heavy atom. The quantitative estimate of drug-likeness (QED) is 0.788. The number of carbonyl (C=O) groups excluding carboxylic acids is 2. The van der Waals surface area contributed by atoms with Crippen LogP contribution in [0.4, 0.5) is 11.4 Å². The summed E-state index contributed by atoms with van der Waals surface area (Å²) >= 11 is 0. The van der Waals surface area contributed by atoms with Crippen LogP contribution in [0.3, 0.4) is 0 Å². The van der Waals surface area contributed by atoms with E-state index in [9.17, 15) is 9.59 Å². The second-order valence-corrected chi connectivity index (χ2v) is 8.33. The molecule has 8 nitrogen and oxygen atoms in total. The van der Waals surface area contributed by atoms with Crippen LogP contribution in [0.5, 0.6) is 5.75 Å². The van der Waals surface area contributed by atoms with Gasteiger partial charge in [0.15, 0.2) is 0 Å².